The van der Waals surface area contributed by atoms with Crippen LogP contribution in [-0.4, -0.2) is 44.7 Å². The number of likely N-dealkylation sites (tertiary alicyclic amines) is 1. The third-order valence-electron chi connectivity index (χ3n) is 5.24. The van der Waals surface area contributed by atoms with Gasteiger partial charge in [0.05, 0.1) is 5.69 Å². The molecule has 0 aliphatic carbocycles. The second kappa shape index (κ2) is 6.44. The van der Waals surface area contributed by atoms with E-state index in [-0.39, 0.29) is 10.8 Å². The highest BCUT2D eigenvalue weighted by molar-refractivity contribution is 7.90. The molecule has 3 heterocycles. The minimum absolute atomic E-state index is 0.0802. The summed E-state index contributed by atoms with van der Waals surface area (Å²) >= 11 is 0. The van der Waals surface area contributed by atoms with Crippen molar-refractivity contribution in [1.82, 2.24) is 4.90 Å². The number of anilines is 1. The van der Waals surface area contributed by atoms with E-state index in [2.05, 4.69) is 4.40 Å². The molecule has 0 spiro atoms. The maximum absolute atomic E-state index is 12.7. The van der Waals surface area contributed by atoms with Gasteiger partial charge in [0, 0.05) is 31.6 Å². The summed E-state index contributed by atoms with van der Waals surface area (Å²) in [5, 5.41) is 0. The van der Waals surface area contributed by atoms with Gasteiger partial charge in [0.25, 0.3) is 15.9 Å². The van der Waals surface area contributed by atoms with E-state index in [1.54, 1.807) is 12.1 Å². The Balaban J connectivity index is 1.72. The molecule has 25 heavy (non-hydrogen) atoms. The molecule has 0 radical (unpaired) electrons. The van der Waals surface area contributed by atoms with Crippen LogP contribution in [0.15, 0.2) is 27.5 Å². The highest BCUT2D eigenvalue weighted by atomic mass is 32.2. The number of amidine groups is 1. The minimum atomic E-state index is -3.74. The van der Waals surface area contributed by atoms with Crippen molar-refractivity contribution in [3.63, 3.8) is 0 Å². The molecule has 0 unspecified atom stereocenters. The van der Waals surface area contributed by atoms with Crippen molar-refractivity contribution < 1.29 is 13.2 Å². The molecule has 4 rings (SSSR count). The van der Waals surface area contributed by atoms with Crippen molar-refractivity contribution in [2.45, 2.75) is 49.8 Å². The van der Waals surface area contributed by atoms with Gasteiger partial charge in [0.1, 0.15) is 10.7 Å². The zero-order valence-corrected chi connectivity index (χ0v) is 15.1. The van der Waals surface area contributed by atoms with E-state index in [0.29, 0.717) is 23.5 Å². The number of piperidine rings is 1. The van der Waals surface area contributed by atoms with Crippen molar-refractivity contribution in [3.05, 3.63) is 23.8 Å². The summed E-state index contributed by atoms with van der Waals surface area (Å²) in [5.41, 5.74) is 1.11. The van der Waals surface area contributed by atoms with Crippen LogP contribution in [0.4, 0.5) is 5.69 Å². The Morgan fingerprint density at radius 3 is 2.48 bits per heavy atom. The average Bonchev–Trinajstić information content (AvgIpc) is 2.86. The van der Waals surface area contributed by atoms with E-state index >= 15 is 0 Å². The van der Waals surface area contributed by atoms with Gasteiger partial charge < -0.3 is 9.80 Å². The second-order valence-corrected chi connectivity index (χ2v) is 8.55. The molecule has 0 aromatic heterocycles. The summed E-state index contributed by atoms with van der Waals surface area (Å²) in [4.78, 5) is 16.7. The predicted molar refractivity (Wildman–Crippen MR) is 96.6 cm³/mol. The maximum Gasteiger partial charge on any atom is 0.286 e. The Kier molecular flexibility index (Phi) is 4.27. The van der Waals surface area contributed by atoms with Gasteiger partial charge >= 0.3 is 0 Å². The van der Waals surface area contributed by atoms with Gasteiger partial charge in [-0.1, -0.05) is 6.42 Å². The summed E-state index contributed by atoms with van der Waals surface area (Å²) in [6.45, 7) is 2.27. The Bertz CT molecular complexity index is 826. The molecule has 2 saturated heterocycles. The molecule has 1 amide bonds. The second-order valence-electron chi connectivity index (χ2n) is 6.98. The molecule has 0 saturated carbocycles. The van der Waals surface area contributed by atoms with Gasteiger partial charge in [-0.2, -0.15) is 8.42 Å². The molecular formula is C18H23N3O3S. The Labute approximate surface area is 148 Å². The maximum atomic E-state index is 12.7. The first-order valence-electron chi connectivity index (χ1n) is 9.11. The number of hydrogen-bond acceptors (Lipinski definition) is 4. The number of hydrogen-bond donors (Lipinski definition) is 0. The first-order valence-corrected chi connectivity index (χ1v) is 10.5. The molecule has 0 N–H and O–H groups in total. The minimum Gasteiger partial charge on any atom is -0.339 e. The van der Waals surface area contributed by atoms with Crippen LogP contribution in [-0.2, 0) is 10.0 Å². The van der Waals surface area contributed by atoms with Crippen LogP contribution >= 0.6 is 0 Å². The fraction of sp³-hybridized carbons (Fsp3) is 0.556. The Hall–Kier alpha value is -1.89. The first kappa shape index (κ1) is 16.6. The monoisotopic (exact) mass is 361 g/mol. The summed E-state index contributed by atoms with van der Waals surface area (Å²) < 4.78 is 29.3. The van der Waals surface area contributed by atoms with E-state index in [1.807, 2.05) is 9.80 Å². The van der Waals surface area contributed by atoms with Gasteiger partial charge in [-0.15, -0.1) is 4.40 Å². The fourth-order valence-corrected chi connectivity index (χ4v) is 5.18. The lowest BCUT2D eigenvalue weighted by atomic mass is 10.1. The lowest BCUT2D eigenvalue weighted by Gasteiger charge is -2.30. The van der Waals surface area contributed by atoms with Crippen molar-refractivity contribution in [2.75, 3.05) is 24.5 Å². The van der Waals surface area contributed by atoms with Gasteiger partial charge in [-0.05, 0) is 50.3 Å². The molecule has 2 fully saturated rings. The third kappa shape index (κ3) is 3.05. The molecule has 1 aromatic rings. The number of carbonyl (C=O) groups is 1. The average molecular weight is 361 g/mol. The summed E-state index contributed by atoms with van der Waals surface area (Å²) in [6, 6.07) is 5.07. The molecule has 6 nitrogen and oxygen atoms in total. The molecule has 3 aliphatic heterocycles. The van der Waals surface area contributed by atoms with Crippen LogP contribution in [0.3, 0.4) is 0 Å². The largest absolute Gasteiger partial charge is 0.339 e. The lowest BCUT2D eigenvalue weighted by Crippen LogP contribution is -2.37. The smallest absolute Gasteiger partial charge is 0.286 e. The fourth-order valence-electron chi connectivity index (χ4n) is 3.89. The van der Waals surface area contributed by atoms with E-state index in [0.717, 1.165) is 58.2 Å². The van der Waals surface area contributed by atoms with Crippen molar-refractivity contribution in [1.29, 1.82) is 0 Å². The molecule has 0 atom stereocenters. The van der Waals surface area contributed by atoms with E-state index in [1.165, 1.54) is 6.07 Å². The number of amides is 1. The normalized spacial score (nSPS) is 22.5. The molecule has 134 valence electrons. The van der Waals surface area contributed by atoms with Gasteiger partial charge in [0.2, 0.25) is 0 Å². The number of rotatable bonds is 1. The Morgan fingerprint density at radius 2 is 1.68 bits per heavy atom. The number of carbonyl (C=O) groups excluding carboxylic acids is 1. The highest BCUT2D eigenvalue weighted by Crippen LogP contribution is 2.35. The van der Waals surface area contributed by atoms with Crippen LogP contribution in [0.2, 0.25) is 0 Å². The van der Waals surface area contributed by atoms with Crippen molar-refractivity contribution in [3.8, 4) is 0 Å². The van der Waals surface area contributed by atoms with Crippen LogP contribution in [0.1, 0.15) is 55.3 Å². The van der Waals surface area contributed by atoms with Gasteiger partial charge in [0.15, 0.2) is 0 Å². The van der Waals surface area contributed by atoms with Crippen molar-refractivity contribution in [2.24, 2.45) is 4.40 Å². The molecule has 0 bridgehead atoms. The first-order chi connectivity index (χ1) is 12.1. The van der Waals surface area contributed by atoms with Crippen LogP contribution in [0.5, 0.6) is 0 Å². The van der Waals surface area contributed by atoms with Crippen LogP contribution < -0.4 is 4.90 Å². The Morgan fingerprint density at radius 1 is 0.960 bits per heavy atom. The summed E-state index contributed by atoms with van der Waals surface area (Å²) in [7, 11) is -3.74. The van der Waals surface area contributed by atoms with E-state index in [9.17, 15) is 13.2 Å². The van der Waals surface area contributed by atoms with E-state index in [4.69, 9.17) is 0 Å². The number of benzene rings is 1. The van der Waals surface area contributed by atoms with E-state index < -0.39 is 10.0 Å². The highest BCUT2D eigenvalue weighted by Gasteiger charge is 2.32. The number of fused-ring (bicyclic) bond motifs is 3. The lowest BCUT2D eigenvalue weighted by molar-refractivity contribution is 0.0724. The topological polar surface area (TPSA) is 70.0 Å². The SMILES string of the molecule is O=C(c1ccc2c(c1)S(=O)(=O)N=C1CCCCCN12)N1CCCCC1. The predicted octanol–water partition coefficient (Wildman–Crippen LogP) is 2.79. The zero-order chi connectivity index (χ0) is 17.4. The molecular weight excluding hydrogens is 338 g/mol. The molecule has 3 aliphatic rings. The standard InChI is InChI=1S/C18H23N3O3S/c22-18(20-10-4-2-5-11-20)14-8-9-15-16(13-14)25(23,24)19-17-7-3-1-6-12-21(15)17/h8-9,13H,1-7,10-12H2. The summed E-state index contributed by atoms with van der Waals surface area (Å²) in [6.07, 6.45) is 6.92. The number of sulfonamides is 1. The van der Waals surface area contributed by atoms with Crippen LogP contribution in [0, 0.1) is 0 Å². The number of nitrogens with zero attached hydrogens (tertiary/aromatic N) is 3. The van der Waals surface area contributed by atoms with Crippen LogP contribution in [0.25, 0.3) is 0 Å². The van der Waals surface area contributed by atoms with Gasteiger partial charge in [-0.3, -0.25) is 4.79 Å². The summed E-state index contributed by atoms with van der Waals surface area (Å²) in [5.74, 6) is 0.559. The zero-order valence-electron chi connectivity index (χ0n) is 14.3. The quantitative estimate of drug-likeness (QED) is 0.771. The third-order valence-corrected chi connectivity index (χ3v) is 6.57. The molecule has 1 aromatic carbocycles. The van der Waals surface area contributed by atoms with Gasteiger partial charge in [-0.25, -0.2) is 0 Å². The van der Waals surface area contributed by atoms with Crippen molar-refractivity contribution >= 4 is 27.5 Å². The molecule has 7 heteroatoms.